The van der Waals surface area contributed by atoms with E-state index >= 15 is 0 Å². The molecule has 1 aliphatic heterocycles. The number of likely N-dealkylation sites (N-methyl/N-ethyl adjacent to an activating group) is 1. The second-order valence-electron chi connectivity index (χ2n) is 5.79. The molecule has 1 unspecified atom stereocenters. The fourth-order valence-corrected chi connectivity index (χ4v) is 2.78. The van der Waals surface area contributed by atoms with Crippen molar-refractivity contribution in [1.82, 2.24) is 9.80 Å². The highest BCUT2D eigenvalue weighted by Gasteiger charge is 2.33. The molecule has 0 aromatic heterocycles. The summed E-state index contributed by atoms with van der Waals surface area (Å²) in [6, 6.07) is 7.40. The van der Waals surface area contributed by atoms with Gasteiger partial charge in [-0.05, 0) is 43.4 Å². The molecule has 0 radical (unpaired) electrons. The first-order chi connectivity index (χ1) is 10.0. The molecule has 1 aromatic rings. The summed E-state index contributed by atoms with van der Waals surface area (Å²) in [6.07, 6.45) is 3.69. The second-order valence-corrected chi connectivity index (χ2v) is 5.79. The highest BCUT2D eigenvalue weighted by molar-refractivity contribution is 5.97. The van der Waals surface area contributed by atoms with Crippen LogP contribution < -0.4 is 0 Å². The summed E-state index contributed by atoms with van der Waals surface area (Å²) in [5.41, 5.74) is 1.89. The summed E-state index contributed by atoms with van der Waals surface area (Å²) in [7, 11) is 3.49. The van der Waals surface area contributed by atoms with Crippen LogP contribution in [-0.2, 0) is 11.2 Å². The minimum absolute atomic E-state index is 0.0215. The van der Waals surface area contributed by atoms with Gasteiger partial charge in [0.15, 0.2) is 0 Å². The number of benzene rings is 1. The van der Waals surface area contributed by atoms with Crippen molar-refractivity contribution < 1.29 is 9.59 Å². The average molecular weight is 288 g/mol. The third-order valence-corrected chi connectivity index (χ3v) is 4.10. The minimum Gasteiger partial charge on any atom is -0.347 e. The maximum atomic E-state index is 12.7. The van der Waals surface area contributed by atoms with Crippen LogP contribution in [0.15, 0.2) is 24.3 Å². The largest absolute Gasteiger partial charge is 0.347 e. The van der Waals surface area contributed by atoms with E-state index in [9.17, 15) is 9.59 Å². The molecule has 1 atom stereocenters. The van der Waals surface area contributed by atoms with Crippen LogP contribution in [0.1, 0.15) is 42.1 Å². The summed E-state index contributed by atoms with van der Waals surface area (Å²) in [6.45, 7) is 2.76. The fraction of sp³-hybridized carbons (Fsp3) is 0.529. The SMILES string of the molecule is CCc1ccc(C(=O)N2CCCCC2C(=O)N(C)C)cc1. The van der Waals surface area contributed by atoms with Gasteiger partial charge in [-0.3, -0.25) is 9.59 Å². The van der Waals surface area contributed by atoms with Gasteiger partial charge in [0.25, 0.3) is 5.91 Å². The van der Waals surface area contributed by atoms with Gasteiger partial charge in [0.1, 0.15) is 6.04 Å². The van der Waals surface area contributed by atoms with Crippen molar-refractivity contribution in [3.8, 4) is 0 Å². The first-order valence-electron chi connectivity index (χ1n) is 7.65. The second kappa shape index (κ2) is 6.74. The Kier molecular flexibility index (Phi) is 4.99. The van der Waals surface area contributed by atoms with E-state index in [2.05, 4.69) is 6.92 Å². The van der Waals surface area contributed by atoms with Gasteiger partial charge in [-0.1, -0.05) is 19.1 Å². The number of hydrogen-bond acceptors (Lipinski definition) is 2. The smallest absolute Gasteiger partial charge is 0.254 e. The first-order valence-corrected chi connectivity index (χ1v) is 7.65. The number of likely N-dealkylation sites (tertiary alicyclic amines) is 1. The number of hydrogen-bond donors (Lipinski definition) is 0. The average Bonchev–Trinajstić information content (AvgIpc) is 2.53. The van der Waals surface area contributed by atoms with Gasteiger partial charge in [-0.2, -0.15) is 0 Å². The minimum atomic E-state index is -0.313. The van der Waals surface area contributed by atoms with Gasteiger partial charge >= 0.3 is 0 Å². The van der Waals surface area contributed by atoms with E-state index in [1.807, 2.05) is 24.3 Å². The van der Waals surface area contributed by atoms with E-state index in [0.29, 0.717) is 12.1 Å². The summed E-state index contributed by atoms with van der Waals surface area (Å²) in [4.78, 5) is 28.3. The Morgan fingerprint density at radius 2 is 1.86 bits per heavy atom. The summed E-state index contributed by atoms with van der Waals surface area (Å²) >= 11 is 0. The third-order valence-electron chi connectivity index (χ3n) is 4.10. The Labute approximate surface area is 126 Å². The van der Waals surface area contributed by atoms with Crippen molar-refractivity contribution >= 4 is 11.8 Å². The molecule has 114 valence electrons. The standard InChI is InChI=1S/C17H24N2O2/c1-4-13-8-10-14(11-9-13)16(20)19-12-6-5-7-15(19)17(21)18(2)3/h8-11,15H,4-7,12H2,1-3H3. The zero-order chi connectivity index (χ0) is 15.4. The fourth-order valence-electron chi connectivity index (χ4n) is 2.78. The molecule has 1 fully saturated rings. The van der Waals surface area contributed by atoms with Crippen LogP contribution in [0, 0.1) is 0 Å². The van der Waals surface area contributed by atoms with Crippen molar-refractivity contribution in [3.05, 3.63) is 35.4 Å². The van der Waals surface area contributed by atoms with E-state index < -0.39 is 0 Å². The van der Waals surface area contributed by atoms with Crippen LogP contribution >= 0.6 is 0 Å². The van der Waals surface area contributed by atoms with Crippen LogP contribution in [-0.4, -0.2) is 48.3 Å². The van der Waals surface area contributed by atoms with Crippen LogP contribution in [0.4, 0.5) is 0 Å². The highest BCUT2D eigenvalue weighted by Crippen LogP contribution is 2.21. The monoisotopic (exact) mass is 288 g/mol. The molecule has 4 heteroatoms. The molecule has 0 spiro atoms. The lowest BCUT2D eigenvalue weighted by atomic mass is 9.99. The molecular formula is C17H24N2O2. The van der Waals surface area contributed by atoms with Crippen molar-refractivity contribution in [3.63, 3.8) is 0 Å². The Morgan fingerprint density at radius 1 is 1.19 bits per heavy atom. The number of nitrogens with zero attached hydrogens (tertiary/aromatic N) is 2. The molecule has 1 aromatic carbocycles. The quantitative estimate of drug-likeness (QED) is 0.856. The van der Waals surface area contributed by atoms with Crippen LogP contribution in [0.3, 0.4) is 0 Å². The Balaban J connectivity index is 2.19. The molecule has 0 N–H and O–H groups in total. The van der Waals surface area contributed by atoms with Crippen molar-refractivity contribution in [1.29, 1.82) is 0 Å². The number of carbonyl (C=O) groups excluding carboxylic acids is 2. The molecule has 4 nitrogen and oxygen atoms in total. The Bertz CT molecular complexity index is 508. The van der Waals surface area contributed by atoms with Gasteiger partial charge < -0.3 is 9.80 Å². The lowest BCUT2D eigenvalue weighted by Gasteiger charge is -2.36. The lowest BCUT2D eigenvalue weighted by molar-refractivity contribution is -0.134. The van der Waals surface area contributed by atoms with E-state index in [1.54, 1.807) is 23.9 Å². The lowest BCUT2D eigenvalue weighted by Crippen LogP contribution is -2.51. The molecule has 0 aliphatic carbocycles. The zero-order valence-corrected chi connectivity index (χ0v) is 13.1. The van der Waals surface area contributed by atoms with Crippen molar-refractivity contribution in [2.75, 3.05) is 20.6 Å². The van der Waals surface area contributed by atoms with Crippen LogP contribution in [0.2, 0.25) is 0 Å². The van der Waals surface area contributed by atoms with Crippen LogP contribution in [0.25, 0.3) is 0 Å². The predicted octanol–water partition coefficient (Wildman–Crippen LogP) is 2.33. The number of amides is 2. The van der Waals surface area contributed by atoms with Crippen molar-refractivity contribution in [2.45, 2.75) is 38.6 Å². The van der Waals surface area contributed by atoms with Gasteiger partial charge in [-0.15, -0.1) is 0 Å². The van der Waals surface area contributed by atoms with Gasteiger partial charge in [0, 0.05) is 26.2 Å². The molecular weight excluding hydrogens is 264 g/mol. The Morgan fingerprint density at radius 3 is 2.43 bits per heavy atom. The molecule has 0 saturated carbocycles. The topological polar surface area (TPSA) is 40.6 Å². The van der Waals surface area contributed by atoms with E-state index in [1.165, 1.54) is 5.56 Å². The van der Waals surface area contributed by atoms with Gasteiger partial charge in [0.2, 0.25) is 5.91 Å². The van der Waals surface area contributed by atoms with Gasteiger partial charge in [-0.25, -0.2) is 0 Å². The van der Waals surface area contributed by atoms with Crippen molar-refractivity contribution in [2.24, 2.45) is 0 Å². The van der Waals surface area contributed by atoms with E-state index in [4.69, 9.17) is 0 Å². The van der Waals surface area contributed by atoms with Crippen LogP contribution in [0.5, 0.6) is 0 Å². The van der Waals surface area contributed by atoms with Gasteiger partial charge in [0.05, 0.1) is 0 Å². The third kappa shape index (κ3) is 3.43. The number of piperidine rings is 1. The highest BCUT2D eigenvalue weighted by atomic mass is 16.2. The first kappa shape index (κ1) is 15.5. The maximum absolute atomic E-state index is 12.7. The molecule has 1 saturated heterocycles. The summed E-state index contributed by atoms with van der Waals surface area (Å²) in [5, 5.41) is 0. The molecule has 21 heavy (non-hydrogen) atoms. The maximum Gasteiger partial charge on any atom is 0.254 e. The number of aryl methyl sites for hydroxylation is 1. The van der Waals surface area contributed by atoms with E-state index in [0.717, 1.165) is 25.7 Å². The predicted molar refractivity (Wildman–Crippen MR) is 83.2 cm³/mol. The summed E-state index contributed by atoms with van der Waals surface area (Å²) < 4.78 is 0. The van der Waals surface area contributed by atoms with E-state index in [-0.39, 0.29) is 17.9 Å². The molecule has 1 heterocycles. The normalized spacial score (nSPS) is 18.4. The molecule has 1 aliphatic rings. The summed E-state index contributed by atoms with van der Waals surface area (Å²) in [5.74, 6) is -0.00854. The molecule has 2 rings (SSSR count). The number of rotatable bonds is 3. The number of carbonyl (C=O) groups is 2. The Hall–Kier alpha value is -1.84. The molecule has 0 bridgehead atoms. The molecule has 2 amide bonds. The zero-order valence-electron chi connectivity index (χ0n) is 13.1.